The fraction of sp³-hybridized carbons (Fsp3) is 0.547. The first-order valence-electron chi connectivity index (χ1n) is 28.4. The van der Waals surface area contributed by atoms with E-state index in [-0.39, 0.29) is 30.5 Å². The van der Waals surface area contributed by atoms with Crippen LogP contribution in [0.5, 0.6) is 0 Å². The van der Waals surface area contributed by atoms with E-state index < -0.39 is 48.9 Å². The van der Waals surface area contributed by atoms with E-state index in [0.717, 1.165) is 28.7 Å². The molecule has 2 heterocycles. The standard InChI is InChI=1S/C52H63O10.3C4H9.Sn/c1-4-32-56-45-26-27-46(57-35-42-22-14-8-15-23-42)51(38-55-34-41-20-12-7-13-21-41)61-49(45)30-31-52(59-39(3)53)62-48-29-28-47(58-36-43-24-16-9-17-25-43)50(60-44(48)5-2)37-54-33-40-18-10-6-11-19-40;3*1-3-4-2;/h4-25,32,44-52H,1-2,26-31,33-38H2,3H3;3*1,3-4H2,2H3;/b32-4-;;;;/t44-,45-,46+,47-,48+,49+,50+,51-,52?;;;;/m1..../s1. The van der Waals surface area contributed by atoms with Gasteiger partial charge in [-0.3, -0.25) is 0 Å². The maximum atomic E-state index is 12.9. The third kappa shape index (κ3) is 21.8. The normalized spacial score (nSPS) is 22.8. The minimum atomic E-state index is -2.47. The van der Waals surface area contributed by atoms with Crippen molar-refractivity contribution < 1.29 is 47.4 Å². The number of unbranched alkanes of at least 4 members (excludes halogenated alkanes) is 3. The molecule has 0 aromatic heterocycles. The molecule has 2 saturated heterocycles. The van der Waals surface area contributed by atoms with E-state index in [0.29, 0.717) is 71.7 Å². The predicted octanol–water partition coefficient (Wildman–Crippen LogP) is 14.7. The Balaban J connectivity index is 1.22. The summed E-state index contributed by atoms with van der Waals surface area (Å²) in [6, 6.07) is 40.8. The molecule has 1 unspecified atom stereocenters. The van der Waals surface area contributed by atoms with Gasteiger partial charge in [0.15, 0.2) is 0 Å². The summed E-state index contributed by atoms with van der Waals surface area (Å²) in [6.45, 7) is 15.1. The van der Waals surface area contributed by atoms with Crippen LogP contribution in [0.15, 0.2) is 146 Å². The topological polar surface area (TPSA) is 100 Å². The molecule has 11 heteroatoms. The van der Waals surface area contributed by atoms with Crippen molar-refractivity contribution in [2.45, 2.75) is 204 Å². The molecule has 0 amide bonds. The molecule has 0 spiro atoms. The summed E-state index contributed by atoms with van der Waals surface area (Å²) < 4.78 is 65.5. The number of hydrogen-bond donors (Lipinski definition) is 0. The molecule has 0 N–H and O–H groups in total. The average molecular weight is 1140 g/mol. The van der Waals surface area contributed by atoms with E-state index in [1.54, 1.807) is 6.08 Å². The Kier molecular flexibility index (Phi) is 28.0. The van der Waals surface area contributed by atoms with Gasteiger partial charge in [0, 0.05) is 0 Å². The van der Waals surface area contributed by atoms with Crippen LogP contribution in [0.3, 0.4) is 0 Å². The van der Waals surface area contributed by atoms with Crippen LogP contribution in [-0.4, -0.2) is 92.7 Å². The van der Waals surface area contributed by atoms with Crippen molar-refractivity contribution in [1.29, 1.82) is 0 Å². The van der Waals surface area contributed by atoms with Gasteiger partial charge in [0.05, 0.1) is 25.9 Å². The first-order chi connectivity index (χ1) is 36.8. The van der Waals surface area contributed by atoms with Gasteiger partial charge in [0.25, 0.3) is 0 Å². The Morgan fingerprint density at radius 1 is 0.600 bits per heavy atom. The van der Waals surface area contributed by atoms with Crippen molar-refractivity contribution in [3.05, 3.63) is 169 Å². The van der Waals surface area contributed by atoms with E-state index in [1.165, 1.54) is 63.2 Å². The second kappa shape index (κ2) is 34.8. The molecular formula is C64H90O10Sn. The van der Waals surface area contributed by atoms with Crippen molar-refractivity contribution in [2.75, 3.05) is 13.2 Å². The van der Waals surface area contributed by atoms with Gasteiger partial charge < -0.3 is 14.2 Å². The van der Waals surface area contributed by atoms with Gasteiger partial charge >= 0.3 is 272 Å². The number of benzene rings is 4. The van der Waals surface area contributed by atoms with Crippen LogP contribution in [0.1, 0.15) is 127 Å². The SMILES string of the molecule is C=C[C@H]1O[C@@H](COCc2ccccc2)[C@H](OCc2ccccc2)CC[C@@H]1OC(CC[C@@H]1O[C@H](COCc2ccccc2)[C@@H](OCc2ccccc2)CC[C@H]1O/C=C\[CH2][Sn]([CH2]CCC)([CH2]CCC)[CH2]CCC)OC(C)=O. The van der Waals surface area contributed by atoms with Crippen LogP contribution in [-0.2, 0) is 73.9 Å². The number of hydrogen-bond acceptors (Lipinski definition) is 10. The van der Waals surface area contributed by atoms with Crippen molar-refractivity contribution in [2.24, 2.45) is 0 Å². The Morgan fingerprint density at radius 2 is 1.04 bits per heavy atom. The van der Waals surface area contributed by atoms with Crippen LogP contribution in [0.4, 0.5) is 0 Å². The number of ether oxygens (including phenoxy) is 9. The molecule has 75 heavy (non-hydrogen) atoms. The van der Waals surface area contributed by atoms with Crippen molar-refractivity contribution in [3.63, 3.8) is 0 Å². The van der Waals surface area contributed by atoms with Gasteiger partial charge in [-0.1, -0.05) is 115 Å². The number of allylic oxidation sites excluding steroid dienone is 1. The summed E-state index contributed by atoms with van der Waals surface area (Å²) in [7, 11) is 0. The molecular weight excluding hydrogens is 1050 g/mol. The van der Waals surface area contributed by atoms with Crippen LogP contribution in [0.25, 0.3) is 0 Å². The molecule has 6 rings (SSSR count). The molecule has 4 aromatic rings. The number of carbonyl (C=O) groups is 1. The van der Waals surface area contributed by atoms with Gasteiger partial charge in [-0.25, -0.2) is 0 Å². The molecule has 10 nitrogen and oxygen atoms in total. The van der Waals surface area contributed by atoms with Crippen molar-refractivity contribution >= 4 is 24.3 Å². The number of carbonyl (C=O) groups excluding carboxylic acids is 1. The Morgan fingerprint density at radius 3 is 1.49 bits per heavy atom. The molecule has 0 bridgehead atoms. The molecule has 2 aliphatic rings. The number of rotatable bonds is 34. The van der Waals surface area contributed by atoms with Crippen LogP contribution < -0.4 is 0 Å². The Labute approximate surface area is 455 Å². The molecule has 0 saturated carbocycles. The molecule has 2 fully saturated rings. The fourth-order valence-electron chi connectivity index (χ4n) is 10.5. The summed E-state index contributed by atoms with van der Waals surface area (Å²) in [4.78, 5) is 12.9. The van der Waals surface area contributed by atoms with E-state index in [2.05, 4.69) is 82.0 Å². The molecule has 2 aliphatic heterocycles. The monoisotopic (exact) mass is 1140 g/mol. The molecule has 9 atom stereocenters. The van der Waals surface area contributed by atoms with Crippen LogP contribution in [0, 0.1) is 0 Å². The predicted molar refractivity (Wildman–Crippen MR) is 302 cm³/mol. The van der Waals surface area contributed by atoms with Gasteiger partial charge in [0.2, 0.25) is 0 Å². The van der Waals surface area contributed by atoms with Gasteiger partial charge in [-0.15, -0.1) is 6.58 Å². The van der Waals surface area contributed by atoms with E-state index in [4.69, 9.17) is 42.6 Å². The van der Waals surface area contributed by atoms with Crippen molar-refractivity contribution in [1.82, 2.24) is 0 Å². The zero-order valence-corrected chi connectivity index (χ0v) is 48.7. The summed E-state index contributed by atoms with van der Waals surface area (Å²) >= 11 is -2.47. The van der Waals surface area contributed by atoms with Gasteiger partial charge in [-0.05, 0) is 17.5 Å². The zero-order valence-electron chi connectivity index (χ0n) is 45.8. The van der Waals surface area contributed by atoms with E-state index >= 15 is 0 Å². The third-order valence-corrected chi connectivity index (χ3v) is 30.0. The molecule has 410 valence electrons. The summed E-state index contributed by atoms with van der Waals surface area (Å²) in [6.07, 6.45) is 13.5. The quantitative estimate of drug-likeness (QED) is 0.0148. The summed E-state index contributed by atoms with van der Waals surface area (Å²) in [5.74, 6) is -0.427. The molecule has 4 aromatic carbocycles. The summed E-state index contributed by atoms with van der Waals surface area (Å²) in [5.41, 5.74) is 4.35. The fourth-order valence-corrected chi connectivity index (χ4v) is 25.5. The van der Waals surface area contributed by atoms with Crippen molar-refractivity contribution in [3.8, 4) is 0 Å². The first-order valence-corrected chi connectivity index (χ1v) is 36.5. The summed E-state index contributed by atoms with van der Waals surface area (Å²) in [5, 5.41) is 0. The maximum absolute atomic E-state index is 12.9. The average Bonchev–Trinajstić information content (AvgIpc) is 3.71. The second-order valence-electron chi connectivity index (χ2n) is 20.8. The molecule has 0 aliphatic carbocycles. The second-order valence-corrected chi connectivity index (χ2v) is 34.8. The minimum absolute atomic E-state index is 0.249. The first kappa shape index (κ1) is 60.4. The third-order valence-electron chi connectivity index (χ3n) is 14.8. The van der Waals surface area contributed by atoms with Gasteiger partial charge in [-0.2, -0.15) is 0 Å². The van der Waals surface area contributed by atoms with E-state index in [9.17, 15) is 4.79 Å². The van der Waals surface area contributed by atoms with Crippen LogP contribution >= 0.6 is 0 Å². The molecule has 0 radical (unpaired) electrons. The van der Waals surface area contributed by atoms with E-state index in [1.807, 2.05) is 79.1 Å². The Hall–Kier alpha value is -3.85. The Bertz CT molecular complexity index is 2120. The zero-order chi connectivity index (χ0) is 52.8. The van der Waals surface area contributed by atoms with Gasteiger partial charge in [0.1, 0.15) is 6.10 Å². The number of esters is 1. The van der Waals surface area contributed by atoms with Crippen LogP contribution in [0.2, 0.25) is 17.7 Å².